The zero-order valence-electron chi connectivity index (χ0n) is 12.0. The minimum Gasteiger partial charge on any atom is -0.465 e. The minimum atomic E-state index is -4.48. The van der Waals surface area contributed by atoms with Crippen molar-refractivity contribution in [3.05, 3.63) is 28.0 Å². The van der Waals surface area contributed by atoms with E-state index < -0.39 is 17.8 Å². The number of carbonyl (C=O) groups is 1. The standard InChI is InChI=1S/C12H13F3N4O2S/c1-6-9(10(20)21-3)22-11(17-6)16-5-7-4-8(12(13,14)15)18-19(7)2/h4H,5H2,1-3H3,(H,16,17). The molecule has 0 unspecified atom stereocenters. The number of halogens is 3. The van der Waals surface area contributed by atoms with Gasteiger partial charge in [-0.15, -0.1) is 0 Å². The topological polar surface area (TPSA) is 69.0 Å². The van der Waals surface area contributed by atoms with Crippen molar-refractivity contribution >= 4 is 22.4 Å². The summed E-state index contributed by atoms with van der Waals surface area (Å²) in [5.74, 6) is -0.497. The van der Waals surface area contributed by atoms with Crippen LogP contribution in [0.5, 0.6) is 0 Å². The molecule has 0 saturated carbocycles. The molecular formula is C12H13F3N4O2S. The number of ether oxygens (including phenoxy) is 1. The molecule has 0 aliphatic carbocycles. The summed E-state index contributed by atoms with van der Waals surface area (Å²) >= 11 is 1.08. The third-order valence-corrected chi connectivity index (χ3v) is 3.95. The first-order valence-electron chi connectivity index (χ1n) is 6.12. The highest BCUT2D eigenvalue weighted by Crippen LogP contribution is 2.29. The molecule has 0 atom stereocenters. The number of hydrogen-bond acceptors (Lipinski definition) is 6. The van der Waals surface area contributed by atoms with Crippen LogP contribution >= 0.6 is 11.3 Å². The number of alkyl halides is 3. The molecule has 22 heavy (non-hydrogen) atoms. The zero-order valence-corrected chi connectivity index (χ0v) is 12.8. The molecule has 0 amide bonds. The number of anilines is 1. The van der Waals surface area contributed by atoms with E-state index in [-0.39, 0.29) is 6.54 Å². The number of aryl methyl sites for hydroxylation is 2. The fraction of sp³-hybridized carbons (Fsp3) is 0.417. The van der Waals surface area contributed by atoms with Gasteiger partial charge in [0.25, 0.3) is 0 Å². The van der Waals surface area contributed by atoms with E-state index in [2.05, 4.69) is 20.1 Å². The lowest BCUT2D eigenvalue weighted by Crippen LogP contribution is -2.07. The number of hydrogen-bond donors (Lipinski definition) is 1. The highest BCUT2D eigenvalue weighted by molar-refractivity contribution is 7.17. The van der Waals surface area contributed by atoms with E-state index in [0.717, 1.165) is 22.1 Å². The third-order valence-electron chi connectivity index (χ3n) is 2.86. The molecule has 2 aromatic rings. The maximum atomic E-state index is 12.6. The average Bonchev–Trinajstić information content (AvgIpc) is 2.98. The molecule has 6 nitrogen and oxygen atoms in total. The summed E-state index contributed by atoms with van der Waals surface area (Å²) in [4.78, 5) is 16.0. The zero-order chi connectivity index (χ0) is 16.5. The number of methoxy groups -OCH3 is 1. The van der Waals surface area contributed by atoms with Gasteiger partial charge < -0.3 is 10.1 Å². The highest BCUT2D eigenvalue weighted by Gasteiger charge is 2.34. The van der Waals surface area contributed by atoms with Crippen molar-refractivity contribution < 1.29 is 22.7 Å². The molecule has 2 heterocycles. The molecular weight excluding hydrogens is 321 g/mol. The van der Waals surface area contributed by atoms with Crippen LogP contribution in [-0.4, -0.2) is 27.8 Å². The van der Waals surface area contributed by atoms with Crippen molar-refractivity contribution in [1.82, 2.24) is 14.8 Å². The Morgan fingerprint density at radius 3 is 2.73 bits per heavy atom. The van der Waals surface area contributed by atoms with E-state index in [9.17, 15) is 18.0 Å². The van der Waals surface area contributed by atoms with Crippen molar-refractivity contribution in [2.24, 2.45) is 7.05 Å². The Morgan fingerprint density at radius 2 is 2.18 bits per heavy atom. The molecule has 2 aromatic heterocycles. The molecule has 0 aromatic carbocycles. The van der Waals surface area contributed by atoms with Gasteiger partial charge >= 0.3 is 12.1 Å². The highest BCUT2D eigenvalue weighted by atomic mass is 32.1. The van der Waals surface area contributed by atoms with Gasteiger partial charge in [0.15, 0.2) is 10.8 Å². The summed E-state index contributed by atoms with van der Waals surface area (Å²) in [5.41, 5.74) is -0.0995. The van der Waals surface area contributed by atoms with Gasteiger partial charge in [0.05, 0.1) is 25.0 Å². The number of nitrogens with one attached hydrogen (secondary N) is 1. The van der Waals surface area contributed by atoms with E-state index in [1.807, 2.05) is 0 Å². The molecule has 0 aliphatic heterocycles. The van der Waals surface area contributed by atoms with Gasteiger partial charge in [-0.05, 0) is 13.0 Å². The van der Waals surface area contributed by atoms with Crippen LogP contribution in [-0.2, 0) is 24.5 Å². The van der Waals surface area contributed by atoms with Crippen LogP contribution in [0.25, 0.3) is 0 Å². The second kappa shape index (κ2) is 5.95. The monoisotopic (exact) mass is 334 g/mol. The summed E-state index contributed by atoms with van der Waals surface area (Å²) in [5, 5.41) is 6.72. The van der Waals surface area contributed by atoms with Crippen LogP contribution in [0.3, 0.4) is 0 Å². The van der Waals surface area contributed by atoms with E-state index in [4.69, 9.17) is 0 Å². The van der Waals surface area contributed by atoms with Crippen LogP contribution in [0.1, 0.15) is 26.8 Å². The number of esters is 1. The predicted molar refractivity (Wildman–Crippen MR) is 73.7 cm³/mol. The Balaban J connectivity index is 2.11. The maximum Gasteiger partial charge on any atom is 0.435 e. The number of thiazole rings is 1. The summed E-state index contributed by atoms with van der Waals surface area (Å²) in [6.07, 6.45) is -4.48. The quantitative estimate of drug-likeness (QED) is 0.871. The Labute approximate surface area is 127 Å². The first kappa shape index (κ1) is 16.3. The molecule has 120 valence electrons. The van der Waals surface area contributed by atoms with Crippen molar-refractivity contribution in [3.63, 3.8) is 0 Å². The van der Waals surface area contributed by atoms with Gasteiger partial charge in [-0.1, -0.05) is 11.3 Å². The van der Waals surface area contributed by atoms with E-state index in [0.29, 0.717) is 21.4 Å². The van der Waals surface area contributed by atoms with Crippen molar-refractivity contribution in [3.8, 4) is 0 Å². The SMILES string of the molecule is COC(=O)c1sc(NCc2cc(C(F)(F)F)nn2C)nc1C. The number of rotatable bonds is 4. The van der Waals surface area contributed by atoms with Crippen LogP contribution in [0.4, 0.5) is 18.3 Å². The van der Waals surface area contributed by atoms with Gasteiger partial charge in [-0.3, -0.25) is 4.68 Å². The lowest BCUT2D eigenvalue weighted by atomic mass is 10.3. The summed E-state index contributed by atoms with van der Waals surface area (Å²) in [6, 6.07) is 0.967. The minimum absolute atomic E-state index is 0.104. The maximum absolute atomic E-state index is 12.6. The molecule has 0 bridgehead atoms. The van der Waals surface area contributed by atoms with E-state index in [1.54, 1.807) is 6.92 Å². The fourth-order valence-electron chi connectivity index (χ4n) is 1.73. The van der Waals surface area contributed by atoms with E-state index >= 15 is 0 Å². The van der Waals surface area contributed by atoms with Gasteiger partial charge in [-0.25, -0.2) is 9.78 Å². The largest absolute Gasteiger partial charge is 0.465 e. The molecule has 0 saturated heterocycles. The van der Waals surface area contributed by atoms with Crippen molar-refractivity contribution in [1.29, 1.82) is 0 Å². The summed E-state index contributed by atoms with van der Waals surface area (Å²) < 4.78 is 43.5. The fourth-order valence-corrected chi connectivity index (χ4v) is 2.61. The molecule has 10 heteroatoms. The molecule has 0 radical (unpaired) electrons. The number of nitrogens with zero attached hydrogens (tertiary/aromatic N) is 3. The number of carbonyl (C=O) groups excluding carboxylic acids is 1. The normalized spacial score (nSPS) is 11.5. The lowest BCUT2D eigenvalue weighted by Gasteiger charge is -2.02. The molecule has 1 N–H and O–H groups in total. The Bertz CT molecular complexity index is 693. The Morgan fingerprint density at radius 1 is 1.50 bits per heavy atom. The second-order valence-electron chi connectivity index (χ2n) is 4.42. The first-order chi connectivity index (χ1) is 10.2. The van der Waals surface area contributed by atoms with Crippen molar-refractivity contribution in [2.45, 2.75) is 19.6 Å². The van der Waals surface area contributed by atoms with Gasteiger partial charge in [0, 0.05) is 7.05 Å². The smallest absolute Gasteiger partial charge is 0.435 e. The van der Waals surface area contributed by atoms with Crippen LogP contribution in [0.2, 0.25) is 0 Å². The van der Waals surface area contributed by atoms with Gasteiger partial charge in [-0.2, -0.15) is 18.3 Å². The molecule has 0 spiro atoms. The summed E-state index contributed by atoms with van der Waals surface area (Å²) in [6.45, 7) is 1.76. The average molecular weight is 334 g/mol. The van der Waals surface area contributed by atoms with Gasteiger partial charge in [0.1, 0.15) is 4.88 Å². The second-order valence-corrected chi connectivity index (χ2v) is 5.42. The Hall–Kier alpha value is -2.10. The van der Waals surface area contributed by atoms with E-state index in [1.165, 1.54) is 14.2 Å². The number of aromatic nitrogens is 3. The third kappa shape index (κ3) is 3.38. The van der Waals surface area contributed by atoms with Gasteiger partial charge in [0.2, 0.25) is 0 Å². The van der Waals surface area contributed by atoms with Crippen LogP contribution < -0.4 is 5.32 Å². The van der Waals surface area contributed by atoms with Crippen LogP contribution in [0.15, 0.2) is 6.07 Å². The lowest BCUT2D eigenvalue weighted by molar-refractivity contribution is -0.141. The Kier molecular flexibility index (Phi) is 4.40. The molecule has 0 fully saturated rings. The molecule has 2 rings (SSSR count). The molecule has 0 aliphatic rings. The summed E-state index contributed by atoms with van der Waals surface area (Å²) in [7, 11) is 2.70. The predicted octanol–water partition coefficient (Wildman–Crippen LogP) is 2.60. The first-order valence-corrected chi connectivity index (χ1v) is 6.93. The van der Waals surface area contributed by atoms with Crippen LogP contribution in [0, 0.1) is 6.92 Å². The van der Waals surface area contributed by atoms with Crippen molar-refractivity contribution in [2.75, 3.05) is 12.4 Å².